The maximum atomic E-state index is 9.23. The molecule has 0 aromatic heterocycles. The molecule has 5 heteroatoms. The van der Waals surface area contributed by atoms with Crippen molar-refractivity contribution in [3.63, 3.8) is 0 Å². The predicted molar refractivity (Wildman–Crippen MR) is 73.2 cm³/mol. The first-order valence-electron chi connectivity index (χ1n) is 6.59. The molecule has 5 nitrogen and oxygen atoms in total. The molecule has 19 heavy (non-hydrogen) atoms. The Labute approximate surface area is 113 Å². The van der Waals surface area contributed by atoms with Gasteiger partial charge >= 0.3 is 0 Å². The summed E-state index contributed by atoms with van der Waals surface area (Å²) in [6.45, 7) is 2.68. The Morgan fingerprint density at radius 3 is 3.00 bits per heavy atom. The van der Waals surface area contributed by atoms with Gasteiger partial charge in [-0.25, -0.2) is 0 Å². The molecule has 0 spiro atoms. The second-order valence-electron chi connectivity index (χ2n) is 4.66. The van der Waals surface area contributed by atoms with Crippen LogP contribution < -0.4 is 10.5 Å². The van der Waals surface area contributed by atoms with Crippen LogP contribution in [0.15, 0.2) is 24.3 Å². The van der Waals surface area contributed by atoms with E-state index in [1.807, 2.05) is 24.3 Å². The van der Waals surface area contributed by atoms with Crippen LogP contribution in [0.3, 0.4) is 0 Å². The minimum Gasteiger partial charge on any atom is -0.496 e. The highest BCUT2D eigenvalue weighted by atomic mass is 16.5. The molecule has 1 aliphatic rings. The number of rotatable bonds is 5. The summed E-state index contributed by atoms with van der Waals surface area (Å²) in [6, 6.07) is 8.02. The maximum absolute atomic E-state index is 9.23. The molecule has 2 atom stereocenters. The van der Waals surface area contributed by atoms with Gasteiger partial charge < -0.3 is 20.3 Å². The summed E-state index contributed by atoms with van der Waals surface area (Å²) in [5.41, 5.74) is 7.03. The Balaban J connectivity index is 2.19. The molecule has 0 bridgehead atoms. The van der Waals surface area contributed by atoms with Crippen molar-refractivity contribution in [2.75, 3.05) is 40.0 Å². The molecule has 2 rings (SSSR count). The van der Waals surface area contributed by atoms with Crippen molar-refractivity contribution in [3.8, 4) is 5.75 Å². The van der Waals surface area contributed by atoms with E-state index in [0.29, 0.717) is 19.7 Å². The van der Waals surface area contributed by atoms with E-state index in [2.05, 4.69) is 4.90 Å². The lowest BCUT2D eigenvalue weighted by Crippen LogP contribution is -2.47. The van der Waals surface area contributed by atoms with Gasteiger partial charge in [0, 0.05) is 25.2 Å². The van der Waals surface area contributed by atoms with Gasteiger partial charge in [0.1, 0.15) is 5.75 Å². The van der Waals surface area contributed by atoms with Gasteiger partial charge in [-0.1, -0.05) is 18.2 Å². The zero-order valence-electron chi connectivity index (χ0n) is 11.3. The summed E-state index contributed by atoms with van der Waals surface area (Å²) in [4.78, 5) is 2.25. The van der Waals surface area contributed by atoms with Crippen molar-refractivity contribution in [1.82, 2.24) is 4.90 Å². The lowest BCUT2D eigenvalue weighted by Gasteiger charge is -2.37. The largest absolute Gasteiger partial charge is 0.496 e. The monoisotopic (exact) mass is 266 g/mol. The van der Waals surface area contributed by atoms with Gasteiger partial charge in [0.25, 0.3) is 0 Å². The topological polar surface area (TPSA) is 68.0 Å². The number of methoxy groups -OCH3 is 1. The molecule has 3 N–H and O–H groups in total. The third-order valence-electron chi connectivity index (χ3n) is 3.54. The quantitative estimate of drug-likeness (QED) is 0.807. The lowest BCUT2D eigenvalue weighted by atomic mass is 10.0. The van der Waals surface area contributed by atoms with Crippen molar-refractivity contribution in [1.29, 1.82) is 0 Å². The van der Waals surface area contributed by atoms with Crippen LogP contribution in [0.2, 0.25) is 0 Å². The van der Waals surface area contributed by atoms with Gasteiger partial charge in [-0.05, 0) is 6.07 Å². The van der Waals surface area contributed by atoms with Crippen LogP contribution in [0, 0.1) is 0 Å². The van der Waals surface area contributed by atoms with Crippen molar-refractivity contribution >= 4 is 0 Å². The Morgan fingerprint density at radius 1 is 1.53 bits per heavy atom. The first kappa shape index (κ1) is 14.3. The van der Waals surface area contributed by atoms with Gasteiger partial charge in [-0.3, -0.25) is 4.90 Å². The van der Waals surface area contributed by atoms with E-state index in [9.17, 15) is 5.11 Å². The smallest absolute Gasteiger partial charge is 0.123 e. The van der Waals surface area contributed by atoms with Crippen LogP contribution in [0.5, 0.6) is 5.75 Å². The fourth-order valence-electron chi connectivity index (χ4n) is 2.55. The molecule has 0 radical (unpaired) electrons. The first-order valence-corrected chi connectivity index (χ1v) is 6.59. The fourth-order valence-corrected chi connectivity index (χ4v) is 2.55. The first-order chi connectivity index (χ1) is 9.30. The molecule has 106 valence electrons. The average molecular weight is 266 g/mol. The van der Waals surface area contributed by atoms with Crippen molar-refractivity contribution in [2.45, 2.75) is 12.1 Å². The number of aliphatic hydroxyl groups excluding tert-OH is 1. The van der Waals surface area contributed by atoms with Crippen LogP contribution in [0.25, 0.3) is 0 Å². The van der Waals surface area contributed by atoms with E-state index in [0.717, 1.165) is 17.9 Å². The zero-order valence-corrected chi connectivity index (χ0v) is 11.3. The third-order valence-corrected chi connectivity index (χ3v) is 3.54. The molecular formula is C14H22N2O3. The van der Waals surface area contributed by atoms with Gasteiger partial charge in [0.05, 0.1) is 32.5 Å². The number of benzene rings is 1. The number of nitrogens with two attached hydrogens (primary N) is 1. The van der Waals surface area contributed by atoms with Crippen LogP contribution >= 0.6 is 0 Å². The summed E-state index contributed by atoms with van der Waals surface area (Å²) in [7, 11) is 1.67. The van der Waals surface area contributed by atoms with E-state index in [1.165, 1.54) is 0 Å². The highest BCUT2D eigenvalue weighted by Crippen LogP contribution is 2.29. The predicted octanol–water partition coefficient (Wildman–Crippen LogP) is 0.388. The maximum Gasteiger partial charge on any atom is 0.123 e. The van der Waals surface area contributed by atoms with Crippen molar-refractivity contribution in [2.24, 2.45) is 5.73 Å². The van der Waals surface area contributed by atoms with Crippen LogP contribution in [0.4, 0.5) is 0 Å². The molecule has 1 aromatic rings. The number of ether oxygens (including phenoxy) is 2. The van der Waals surface area contributed by atoms with Crippen LogP contribution in [0.1, 0.15) is 11.6 Å². The van der Waals surface area contributed by atoms with E-state index in [1.54, 1.807) is 7.11 Å². The Hall–Kier alpha value is -1.14. The summed E-state index contributed by atoms with van der Waals surface area (Å²) in [5.74, 6) is 0.852. The van der Waals surface area contributed by atoms with Crippen molar-refractivity contribution in [3.05, 3.63) is 29.8 Å². The number of nitrogens with zero attached hydrogens (tertiary/aromatic N) is 1. The highest BCUT2D eigenvalue weighted by Gasteiger charge is 2.27. The van der Waals surface area contributed by atoms with Crippen LogP contribution in [-0.4, -0.2) is 56.1 Å². The summed E-state index contributed by atoms with van der Waals surface area (Å²) in [5, 5.41) is 9.23. The van der Waals surface area contributed by atoms with Gasteiger partial charge in [0.15, 0.2) is 0 Å². The second-order valence-corrected chi connectivity index (χ2v) is 4.66. The molecule has 1 heterocycles. The van der Waals surface area contributed by atoms with Crippen molar-refractivity contribution < 1.29 is 14.6 Å². The normalized spacial score (nSPS) is 22.2. The fraction of sp³-hybridized carbons (Fsp3) is 0.571. The minimum absolute atomic E-state index is 0.0414. The Morgan fingerprint density at radius 2 is 2.32 bits per heavy atom. The van der Waals surface area contributed by atoms with E-state index < -0.39 is 0 Å². The average Bonchev–Trinajstić information content (AvgIpc) is 2.49. The van der Waals surface area contributed by atoms with E-state index >= 15 is 0 Å². The summed E-state index contributed by atoms with van der Waals surface area (Å²) < 4.78 is 10.9. The molecular weight excluding hydrogens is 244 g/mol. The lowest BCUT2D eigenvalue weighted by molar-refractivity contribution is -0.0644. The highest BCUT2D eigenvalue weighted by molar-refractivity contribution is 5.36. The molecule has 0 saturated carbocycles. The minimum atomic E-state index is -0.127. The number of para-hydroxylation sites is 1. The summed E-state index contributed by atoms with van der Waals surface area (Å²) >= 11 is 0. The molecule has 1 aliphatic heterocycles. The summed E-state index contributed by atoms with van der Waals surface area (Å²) in [6.07, 6.45) is -0.127. The third kappa shape index (κ3) is 3.25. The molecule has 0 amide bonds. The Kier molecular flexibility index (Phi) is 5.15. The van der Waals surface area contributed by atoms with E-state index in [-0.39, 0.29) is 18.8 Å². The molecule has 2 unspecified atom stereocenters. The molecule has 1 aromatic carbocycles. The van der Waals surface area contributed by atoms with Gasteiger partial charge in [-0.2, -0.15) is 0 Å². The van der Waals surface area contributed by atoms with E-state index in [4.69, 9.17) is 15.2 Å². The second kappa shape index (κ2) is 6.86. The van der Waals surface area contributed by atoms with Crippen LogP contribution in [-0.2, 0) is 4.74 Å². The molecule has 1 saturated heterocycles. The number of hydrogen-bond acceptors (Lipinski definition) is 5. The van der Waals surface area contributed by atoms with Gasteiger partial charge in [0.2, 0.25) is 0 Å². The van der Waals surface area contributed by atoms with Gasteiger partial charge in [-0.15, -0.1) is 0 Å². The molecule has 0 aliphatic carbocycles. The number of hydrogen-bond donors (Lipinski definition) is 2. The molecule has 1 fully saturated rings. The SMILES string of the molecule is COc1ccccc1C(CN)N1CCOC(CO)C1. The standard InChI is InChI=1S/C14H22N2O3/c1-18-14-5-3-2-4-12(14)13(8-15)16-6-7-19-11(9-16)10-17/h2-5,11,13,17H,6-10,15H2,1H3. The number of aliphatic hydroxyl groups is 1. The number of morpholine rings is 1. The Bertz CT molecular complexity index is 400. The zero-order chi connectivity index (χ0) is 13.7.